The monoisotopic (exact) mass is 198 g/mol. The second-order valence-electron chi connectivity index (χ2n) is 4.62. The van der Waals surface area contributed by atoms with Crippen LogP contribution in [0.1, 0.15) is 46.5 Å². The Labute approximate surface area is 86.6 Å². The van der Waals surface area contributed by atoms with E-state index >= 15 is 0 Å². The van der Waals surface area contributed by atoms with Crippen molar-refractivity contribution in [2.75, 3.05) is 0 Å². The third-order valence-corrected chi connectivity index (χ3v) is 2.57. The number of carbonyl (C=O) groups excluding carboxylic acids is 1. The lowest BCUT2D eigenvalue weighted by Gasteiger charge is -2.29. The van der Waals surface area contributed by atoms with Crippen LogP contribution in [0.5, 0.6) is 0 Å². The molecule has 0 saturated heterocycles. The lowest BCUT2D eigenvalue weighted by molar-refractivity contribution is -0.122. The summed E-state index contributed by atoms with van der Waals surface area (Å²) < 4.78 is 0. The molecule has 0 spiro atoms. The van der Waals surface area contributed by atoms with Gasteiger partial charge in [0.15, 0.2) is 0 Å². The van der Waals surface area contributed by atoms with Gasteiger partial charge in [0.2, 0.25) is 5.91 Å². The third-order valence-electron chi connectivity index (χ3n) is 2.57. The predicted molar refractivity (Wildman–Crippen MR) is 58.1 cm³/mol. The molecule has 1 unspecified atom stereocenters. The summed E-state index contributed by atoms with van der Waals surface area (Å²) in [7, 11) is 0. The van der Waals surface area contributed by atoms with E-state index in [1.807, 2.05) is 13.8 Å². The molecule has 3 nitrogen and oxygen atoms in total. The van der Waals surface area contributed by atoms with E-state index in [4.69, 9.17) is 0 Å². The molecule has 0 bridgehead atoms. The van der Waals surface area contributed by atoms with E-state index in [0.29, 0.717) is 18.5 Å². The first-order valence-electron chi connectivity index (χ1n) is 5.63. The first kappa shape index (κ1) is 11.5. The van der Waals surface area contributed by atoms with Crippen molar-refractivity contribution in [1.82, 2.24) is 10.6 Å². The molecule has 1 aliphatic rings. The van der Waals surface area contributed by atoms with Crippen molar-refractivity contribution in [2.45, 2.75) is 64.6 Å². The Bertz CT molecular complexity index is 188. The molecule has 0 aromatic rings. The fourth-order valence-electron chi connectivity index (χ4n) is 1.70. The second kappa shape index (κ2) is 5.35. The molecule has 3 heteroatoms. The van der Waals surface area contributed by atoms with Gasteiger partial charge in [-0.2, -0.15) is 0 Å². The summed E-state index contributed by atoms with van der Waals surface area (Å²) in [4.78, 5) is 11.4. The average molecular weight is 198 g/mol. The molecule has 14 heavy (non-hydrogen) atoms. The van der Waals surface area contributed by atoms with Crippen LogP contribution in [0, 0.1) is 0 Å². The number of nitrogens with one attached hydrogen (secondary N) is 2. The first-order valence-corrected chi connectivity index (χ1v) is 5.63. The maximum atomic E-state index is 11.4. The quantitative estimate of drug-likeness (QED) is 0.701. The van der Waals surface area contributed by atoms with Gasteiger partial charge in [0.1, 0.15) is 0 Å². The molecular weight excluding hydrogens is 176 g/mol. The first-order chi connectivity index (χ1) is 6.58. The highest BCUT2D eigenvalue weighted by molar-refractivity contribution is 5.76. The zero-order valence-electron chi connectivity index (χ0n) is 9.47. The molecular formula is C11H22N2O. The van der Waals surface area contributed by atoms with Crippen LogP contribution in [0.15, 0.2) is 0 Å². The predicted octanol–water partition coefficient (Wildman–Crippen LogP) is 1.43. The molecule has 1 saturated carbocycles. The second-order valence-corrected chi connectivity index (χ2v) is 4.62. The van der Waals surface area contributed by atoms with Gasteiger partial charge in [-0.15, -0.1) is 0 Å². The summed E-state index contributed by atoms with van der Waals surface area (Å²) in [5.41, 5.74) is 0. The lowest BCUT2D eigenvalue weighted by atomic mass is 9.92. The van der Waals surface area contributed by atoms with Crippen LogP contribution >= 0.6 is 0 Å². The summed E-state index contributed by atoms with van der Waals surface area (Å²) in [6, 6.07) is 1.22. The summed E-state index contributed by atoms with van der Waals surface area (Å²) in [5, 5.41) is 6.36. The summed E-state index contributed by atoms with van der Waals surface area (Å²) in [5.74, 6) is 0.152. The molecule has 2 N–H and O–H groups in total. The maximum absolute atomic E-state index is 11.4. The third kappa shape index (κ3) is 4.09. The Morgan fingerprint density at radius 1 is 1.36 bits per heavy atom. The van der Waals surface area contributed by atoms with Crippen molar-refractivity contribution in [1.29, 1.82) is 0 Å². The van der Waals surface area contributed by atoms with Crippen molar-refractivity contribution in [3.05, 3.63) is 0 Å². The van der Waals surface area contributed by atoms with E-state index in [1.54, 1.807) is 0 Å². The number of amides is 1. The number of rotatable bonds is 5. The molecule has 0 heterocycles. The highest BCUT2D eigenvalue weighted by Crippen LogP contribution is 2.18. The molecule has 1 rings (SSSR count). The molecule has 0 radical (unpaired) electrons. The van der Waals surface area contributed by atoms with Gasteiger partial charge in [0.05, 0.1) is 0 Å². The van der Waals surface area contributed by atoms with Crippen LogP contribution in [-0.2, 0) is 4.79 Å². The van der Waals surface area contributed by atoms with Gasteiger partial charge in [0.25, 0.3) is 0 Å². The topological polar surface area (TPSA) is 41.1 Å². The number of carbonyl (C=O) groups is 1. The van der Waals surface area contributed by atoms with Crippen LogP contribution in [0.2, 0.25) is 0 Å². The van der Waals surface area contributed by atoms with Gasteiger partial charge >= 0.3 is 0 Å². The van der Waals surface area contributed by atoms with E-state index in [-0.39, 0.29) is 11.9 Å². The minimum absolute atomic E-state index is 0.152. The average Bonchev–Trinajstić information content (AvgIpc) is 1.94. The van der Waals surface area contributed by atoms with Crippen LogP contribution in [0.4, 0.5) is 0 Å². The lowest BCUT2D eigenvalue weighted by Crippen LogP contribution is -2.43. The zero-order chi connectivity index (χ0) is 10.6. The summed E-state index contributed by atoms with van der Waals surface area (Å²) in [6.07, 6.45) is 4.48. The Kier molecular flexibility index (Phi) is 4.39. The Hall–Kier alpha value is -0.570. The highest BCUT2D eigenvalue weighted by Gasteiger charge is 2.20. The largest absolute Gasteiger partial charge is 0.354 e. The van der Waals surface area contributed by atoms with Gasteiger partial charge in [0, 0.05) is 24.5 Å². The van der Waals surface area contributed by atoms with E-state index in [0.717, 1.165) is 0 Å². The molecule has 0 aliphatic heterocycles. The van der Waals surface area contributed by atoms with Gasteiger partial charge < -0.3 is 10.6 Å². The fraction of sp³-hybridized carbons (Fsp3) is 0.909. The van der Waals surface area contributed by atoms with Crippen molar-refractivity contribution >= 4 is 5.91 Å². The smallest absolute Gasteiger partial charge is 0.221 e. The Morgan fingerprint density at radius 2 is 2.00 bits per heavy atom. The van der Waals surface area contributed by atoms with Crippen LogP contribution in [0.3, 0.4) is 0 Å². The minimum atomic E-state index is 0.152. The minimum Gasteiger partial charge on any atom is -0.354 e. The SMILES string of the molecule is CC(C)NC(=O)CC(C)NC1CCC1. The molecule has 0 aromatic heterocycles. The van der Waals surface area contributed by atoms with Gasteiger partial charge in [-0.25, -0.2) is 0 Å². The van der Waals surface area contributed by atoms with Crippen molar-refractivity contribution < 1.29 is 4.79 Å². The Balaban J connectivity index is 2.11. The molecule has 0 aromatic carbocycles. The van der Waals surface area contributed by atoms with E-state index in [9.17, 15) is 4.79 Å². The molecule has 1 amide bonds. The number of hydrogen-bond acceptors (Lipinski definition) is 2. The van der Waals surface area contributed by atoms with Crippen LogP contribution in [0.25, 0.3) is 0 Å². The van der Waals surface area contributed by atoms with E-state index in [1.165, 1.54) is 19.3 Å². The maximum Gasteiger partial charge on any atom is 0.221 e. The van der Waals surface area contributed by atoms with Crippen LogP contribution in [-0.4, -0.2) is 24.0 Å². The van der Waals surface area contributed by atoms with Crippen molar-refractivity contribution in [3.63, 3.8) is 0 Å². The highest BCUT2D eigenvalue weighted by atomic mass is 16.1. The van der Waals surface area contributed by atoms with E-state index < -0.39 is 0 Å². The van der Waals surface area contributed by atoms with Gasteiger partial charge in [-0.3, -0.25) is 4.79 Å². The normalized spacial score (nSPS) is 19.1. The fourth-order valence-corrected chi connectivity index (χ4v) is 1.70. The number of hydrogen-bond donors (Lipinski definition) is 2. The van der Waals surface area contributed by atoms with Crippen LogP contribution < -0.4 is 10.6 Å². The molecule has 1 fully saturated rings. The standard InChI is InChI=1S/C11H22N2O/c1-8(2)12-11(14)7-9(3)13-10-5-4-6-10/h8-10,13H,4-7H2,1-3H3,(H,12,14). The molecule has 82 valence electrons. The Morgan fingerprint density at radius 3 is 2.43 bits per heavy atom. The molecule has 1 atom stereocenters. The van der Waals surface area contributed by atoms with Crippen molar-refractivity contribution in [3.8, 4) is 0 Å². The molecule has 1 aliphatic carbocycles. The van der Waals surface area contributed by atoms with E-state index in [2.05, 4.69) is 17.6 Å². The summed E-state index contributed by atoms with van der Waals surface area (Å²) >= 11 is 0. The van der Waals surface area contributed by atoms with Crippen molar-refractivity contribution in [2.24, 2.45) is 0 Å². The van der Waals surface area contributed by atoms with Gasteiger partial charge in [-0.1, -0.05) is 6.42 Å². The summed E-state index contributed by atoms with van der Waals surface area (Å²) in [6.45, 7) is 6.06. The van der Waals surface area contributed by atoms with Gasteiger partial charge in [-0.05, 0) is 33.6 Å². The zero-order valence-corrected chi connectivity index (χ0v) is 9.47.